The van der Waals surface area contributed by atoms with Crippen LogP contribution in [0.3, 0.4) is 0 Å². The number of anilines is 1. The summed E-state index contributed by atoms with van der Waals surface area (Å²) in [6.07, 6.45) is 9.06. The zero-order chi connectivity index (χ0) is 17.4. The molecule has 0 radical (unpaired) electrons. The molecule has 1 aliphatic carbocycles. The first-order valence-electron chi connectivity index (χ1n) is 9.73. The van der Waals surface area contributed by atoms with Gasteiger partial charge in [-0.05, 0) is 43.6 Å². The van der Waals surface area contributed by atoms with E-state index in [-0.39, 0.29) is 5.37 Å². The van der Waals surface area contributed by atoms with Gasteiger partial charge in [0.25, 0.3) is 0 Å². The van der Waals surface area contributed by atoms with Crippen molar-refractivity contribution in [2.45, 2.75) is 75.5 Å². The van der Waals surface area contributed by atoms with Crippen molar-refractivity contribution in [2.75, 3.05) is 11.9 Å². The van der Waals surface area contributed by atoms with E-state index in [9.17, 15) is 0 Å². The maximum Gasteiger partial charge on any atom is 0.143 e. The molecule has 0 saturated heterocycles. The Morgan fingerprint density at radius 2 is 2.16 bits per heavy atom. The third-order valence-electron chi connectivity index (χ3n) is 5.36. The number of nitrogens with zero attached hydrogens (tertiary/aromatic N) is 3. The van der Waals surface area contributed by atoms with Gasteiger partial charge in [0.15, 0.2) is 0 Å². The van der Waals surface area contributed by atoms with E-state index in [2.05, 4.69) is 31.1 Å². The maximum atomic E-state index is 5.20. The molecule has 3 heterocycles. The number of aromatic nitrogens is 2. The number of hydrogen-bond donors (Lipinski definition) is 1. The number of rotatable bonds is 6. The minimum atomic E-state index is 0.273. The lowest BCUT2D eigenvalue weighted by Crippen LogP contribution is -2.21. The van der Waals surface area contributed by atoms with Gasteiger partial charge in [0.1, 0.15) is 17.5 Å². The molecule has 1 aromatic heterocycles. The summed E-state index contributed by atoms with van der Waals surface area (Å²) >= 11 is 1.88. The van der Waals surface area contributed by atoms with Gasteiger partial charge in [-0.15, -0.1) is 0 Å². The molecule has 3 aliphatic rings. The van der Waals surface area contributed by atoms with Crippen LogP contribution in [-0.2, 0) is 0 Å². The van der Waals surface area contributed by atoms with E-state index in [4.69, 9.17) is 9.98 Å². The normalized spacial score (nSPS) is 24.2. The molecule has 1 aromatic rings. The standard InChI is InChI=1S/C20H28N4S/c1-4-5-9-15-13-7-6-8-14(13)16-17-18(25-20(16)24-15)19(23-11-22-17)21-10-12(2)3/h11-12,16,20H,4-10H2,1-3H3,(H,21,22,23). The molecule has 4 nitrogen and oxygen atoms in total. The summed E-state index contributed by atoms with van der Waals surface area (Å²) in [5.41, 5.74) is 5.80. The van der Waals surface area contributed by atoms with E-state index in [1.165, 1.54) is 48.4 Å². The summed E-state index contributed by atoms with van der Waals surface area (Å²) in [5.74, 6) is 1.98. The molecule has 0 aromatic carbocycles. The molecule has 5 heteroatoms. The van der Waals surface area contributed by atoms with Gasteiger partial charge >= 0.3 is 0 Å². The largest absolute Gasteiger partial charge is 0.369 e. The summed E-state index contributed by atoms with van der Waals surface area (Å²) < 4.78 is 0. The lowest BCUT2D eigenvalue weighted by atomic mass is 9.87. The molecule has 0 spiro atoms. The first kappa shape index (κ1) is 17.1. The first-order valence-corrected chi connectivity index (χ1v) is 10.6. The Bertz CT molecular complexity index is 722. The fourth-order valence-electron chi connectivity index (χ4n) is 4.14. The number of dihydropyridines is 1. The molecule has 0 saturated carbocycles. The number of allylic oxidation sites excluding steroid dienone is 1. The summed E-state index contributed by atoms with van der Waals surface area (Å²) in [6.45, 7) is 7.65. The van der Waals surface area contributed by atoms with Crippen LogP contribution in [-0.4, -0.2) is 27.6 Å². The molecule has 25 heavy (non-hydrogen) atoms. The summed E-state index contributed by atoms with van der Waals surface area (Å²) in [6, 6.07) is 0. The molecule has 0 bridgehead atoms. The van der Waals surface area contributed by atoms with Crippen LogP contribution < -0.4 is 5.32 Å². The Balaban J connectivity index is 1.67. The molecule has 2 atom stereocenters. The number of hydrogen-bond acceptors (Lipinski definition) is 5. The smallest absolute Gasteiger partial charge is 0.143 e. The lowest BCUT2D eigenvalue weighted by molar-refractivity contribution is 0.679. The van der Waals surface area contributed by atoms with Crippen molar-refractivity contribution in [3.05, 3.63) is 23.2 Å². The zero-order valence-electron chi connectivity index (χ0n) is 15.5. The Kier molecular flexibility index (Phi) is 4.85. The van der Waals surface area contributed by atoms with Crippen molar-refractivity contribution in [3.8, 4) is 0 Å². The SMILES string of the molecule is CCCCC1=NC2Sc3c(NCC(C)C)ncnc3C2C2=C1CCC2. The maximum absolute atomic E-state index is 5.20. The van der Waals surface area contributed by atoms with Crippen molar-refractivity contribution in [3.63, 3.8) is 0 Å². The van der Waals surface area contributed by atoms with Gasteiger partial charge in [-0.1, -0.05) is 44.5 Å². The van der Waals surface area contributed by atoms with Crippen molar-refractivity contribution in [1.82, 2.24) is 9.97 Å². The van der Waals surface area contributed by atoms with E-state index < -0.39 is 0 Å². The molecular formula is C20H28N4S. The van der Waals surface area contributed by atoms with Crippen molar-refractivity contribution in [2.24, 2.45) is 10.9 Å². The number of thioether (sulfide) groups is 1. The fraction of sp³-hybridized carbons (Fsp3) is 0.650. The third kappa shape index (κ3) is 3.12. The van der Waals surface area contributed by atoms with E-state index in [0.29, 0.717) is 11.8 Å². The van der Waals surface area contributed by atoms with Gasteiger partial charge in [0.2, 0.25) is 0 Å². The van der Waals surface area contributed by atoms with Crippen LogP contribution in [0.4, 0.5) is 5.82 Å². The summed E-state index contributed by atoms with van der Waals surface area (Å²) in [4.78, 5) is 15.7. The van der Waals surface area contributed by atoms with Crippen LogP contribution in [0.2, 0.25) is 0 Å². The van der Waals surface area contributed by atoms with E-state index in [1.54, 1.807) is 17.5 Å². The Labute approximate surface area is 155 Å². The van der Waals surface area contributed by atoms with E-state index in [0.717, 1.165) is 18.8 Å². The second-order valence-corrected chi connectivity index (χ2v) is 8.86. The van der Waals surface area contributed by atoms with Gasteiger partial charge in [-0.25, -0.2) is 9.97 Å². The quantitative estimate of drug-likeness (QED) is 0.762. The van der Waals surface area contributed by atoms with Crippen LogP contribution in [0.25, 0.3) is 0 Å². The highest BCUT2D eigenvalue weighted by molar-refractivity contribution is 8.00. The van der Waals surface area contributed by atoms with Crippen molar-refractivity contribution >= 4 is 23.3 Å². The van der Waals surface area contributed by atoms with Gasteiger partial charge in [-0.2, -0.15) is 0 Å². The second-order valence-electron chi connectivity index (χ2n) is 7.73. The van der Waals surface area contributed by atoms with Crippen LogP contribution in [0, 0.1) is 5.92 Å². The van der Waals surface area contributed by atoms with Gasteiger partial charge in [0, 0.05) is 12.3 Å². The number of nitrogens with one attached hydrogen (secondary N) is 1. The van der Waals surface area contributed by atoms with Crippen LogP contribution in [0.15, 0.2) is 27.4 Å². The topological polar surface area (TPSA) is 50.2 Å². The van der Waals surface area contributed by atoms with Crippen LogP contribution in [0.1, 0.15) is 70.9 Å². The minimum absolute atomic E-state index is 0.273. The molecular weight excluding hydrogens is 328 g/mol. The highest BCUT2D eigenvalue weighted by Crippen LogP contribution is 2.55. The molecule has 134 valence electrons. The van der Waals surface area contributed by atoms with Crippen LogP contribution in [0.5, 0.6) is 0 Å². The summed E-state index contributed by atoms with van der Waals surface area (Å²) in [7, 11) is 0. The second kappa shape index (κ2) is 7.10. The first-order chi connectivity index (χ1) is 12.2. The predicted octanol–water partition coefficient (Wildman–Crippen LogP) is 5.19. The molecule has 0 fully saturated rings. The van der Waals surface area contributed by atoms with Crippen molar-refractivity contribution in [1.29, 1.82) is 0 Å². The lowest BCUT2D eigenvalue weighted by Gasteiger charge is -2.26. The Morgan fingerprint density at radius 1 is 1.28 bits per heavy atom. The number of unbranched alkanes of at least 4 members (excludes halogenated alkanes) is 1. The highest BCUT2D eigenvalue weighted by atomic mass is 32.2. The molecule has 1 N–H and O–H groups in total. The third-order valence-corrected chi connectivity index (χ3v) is 6.62. The van der Waals surface area contributed by atoms with Crippen LogP contribution >= 0.6 is 11.8 Å². The van der Waals surface area contributed by atoms with E-state index in [1.807, 2.05) is 11.8 Å². The number of fused-ring (bicyclic) bond motifs is 4. The molecule has 2 aliphatic heterocycles. The van der Waals surface area contributed by atoms with Gasteiger partial charge in [0.05, 0.1) is 16.5 Å². The summed E-state index contributed by atoms with van der Waals surface area (Å²) in [5, 5.41) is 3.80. The molecule has 0 amide bonds. The van der Waals surface area contributed by atoms with Crippen molar-refractivity contribution < 1.29 is 0 Å². The van der Waals surface area contributed by atoms with Gasteiger partial charge in [-0.3, -0.25) is 4.99 Å². The average Bonchev–Trinajstić information content (AvgIpc) is 3.21. The Hall–Kier alpha value is -1.36. The van der Waals surface area contributed by atoms with Gasteiger partial charge < -0.3 is 5.32 Å². The molecule has 2 unspecified atom stereocenters. The average molecular weight is 357 g/mol. The minimum Gasteiger partial charge on any atom is -0.369 e. The van der Waals surface area contributed by atoms with E-state index >= 15 is 0 Å². The molecule has 4 rings (SSSR count). The Morgan fingerprint density at radius 3 is 2.96 bits per heavy atom. The highest BCUT2D eigenvalue weighted by Gasteiger charge is 2.43. The predicted molar refractivity (Wildman–Crippen MR) is 106 cm³/mol. The monoisotopic (exact) mass is 356 g/mol. The number of aliphatic imine (C=N–C) groups is 1. The zero-order valence-corrected chi connectivity index (χ0v) is 16.3. The fourth-order valence-corrected chi connectivity index (χ4v) is 5.53.